The van der Waals surface area contributed by atoms with Crippen LogP contribution < -0.4 is 20.1 Å². The summed E-state index contributed by atoms with van der Waals surface area (Å²) in [5, 5.41) is 8.13. The number of methoxy groups -OCH3 is 2. The zero-order valence-electron chi connectivity index (χ0n) is 23.6. The number of allylic oxidation sites excluding steroid dienone is 1. The average molecular weight is 609 g/mol. The average Bonchev–Trinajstić information content (AvgIpc) is 3.52. The fourth-order valence-corrected chi connectivity index (χ4v) is 5.57. The van der Waals surface area contributed by atoms with Gasteiger partial charge in [-0.05, 0) is 36.6 Å². The highest BCUT2D eigenvalue weighted by Gasteiger charge is 2.23. The van der Waals surface area contributed by atoms with E-state index in [0.717, 1.165) is 35.2 Å². The van der Waals surface area contributed by atoms with E-state index in [2.05, 4.69) is 22.2 Å². The summed E-state index contributed by atoms with van der Waals surface area (Å²) in [4.78, 5) is 26.5. The molecule has 2 aromatic heterocycles. The number of rotatable bonds is 11. The van der Waals surface area contributed by atoms with Gasteiger partial charge in [-0.25, -0.2) is 15.0 Å². The third kappa shape index (κ3) is 6.13. The number of carbonyl (C=O) groups is 1. The van der Waals surface area contributed by atoms with Crippen LogP contribution in [0.4, 0.5) is 17.5 Å². The maximum atomic E-state index is 12.1. The molecule has 4 aromatic rings. The van der Waals surface area contributed by atoms with Crippen molar-refractivity contribution in [2.75, 3.05) is 44.6 Å². The van der Waals surface area contributed by atoms with Crippen molar-refractivity contribution in [3.8, 4) is 22.8 Å². The quantitative estimate of drug-likeness (QED) is 0.178. The van der Waals surface area contributed by atoms with Crippen LogP contribution in [0, 0.1) is 12.8 Å². The van der Waals surface area contributed by atoms with Gasteiger partial charge in [-0.3, -0.25) is 4.79 Å². The summed E-state index contributed by atoms with van der Waals surface area (Å²) in [5.41, 5.74) is 4.15. The second-order valence-electron chi connectivity index (χ2n) is 9.96. The zero-order valence-corrected chi connectivity index (χ0v) is 25.1. The third-order valence-corrected chi connectivity index (χ3v) is 7.92. The van der Waals surface area contributed by atoms with E-state index in [1.165, 1.54) is 20.3 Å². The molecule has 2 N–H and O–H groups in total. The number of hydrogen-bond acceptors (Lipinski definition) is 9. The number of fused-ring (bicyclic) bond motifs is 1. The summed E-state index contributed by atoms with van der Waals surface area (Å²) in [6.45, 7) is 7.62. The number of benzene rings is 2. The minimum absolute atomic E-state index is 0.0753. The molecule has 0 radical (unpaired) electrons. The highest BCUT2D eigenvalue weighted by atomic mass is 35.5. The Hall–Kier alpha value is -3.92. The lowest BCUT2D eigenvalue weighted by atomic mass is 10.0. The Labute approximate surface area is 254 Å². The number of ether oxygens (including phenoxy) is 3. The van der Waals surface area contributed by atoms with Crippen molar-refractivity contribution in [1.29, 1.82) is 0 Å². The monoisotopic (exact) mass is 607 g/mol. The number of carbonyl (C=O) groups excluding carboxylic acids is 1. The number of hydrogen-bond donors (Lipinski definition) is 2. The van der Waals surface area contributed by atoms with Crippen LogP contribution in [0.3, 0.4) is 0 Å². The van der Waals surface area contributed by atoms with Crippen molar-refractivity contribution in [3.63, 3.8) is 0 Å². The fraction of sp³-hybridized carbons (Fsp3) is 0.290. The van der Waals surface area contributed by atoms with Gasteiger partial charge in [0, 0.05) is 54.4 Å². The Kier molecular flexibility index (Phi) is 9.11. The van der Waals surface area contributed by atoms with Crippen LogP contribution in [0.2, 0.25) is 10.0 Å². The number of aromatic nitrogens is 3. The minimum atomic E-state index is -0.0753. The first-order valence-electron chi connectivity index (χ1n) is 13.4. The predicted molar refractivity (Wildman–Crippen MR) is 167 cm³/mol. The first kappa shape index (κ1) is 29.6. The molecule has 1 aliphatic heterocycles. The zero-order chi connectivity index (χ0) is 29.8. The number of para-hydroxylation sites is 1. The maximum absolute atomic E-state index is 12.1. The number of halogens is 2. The Morgan fingerprint density at radius 3 is 2.60 bits per heavy atom. The van der Waals surface area contributed by atoms with Gasteiger partial charge in [-0.2, -0.15) is 0 Å². The van der Waals surface area contributed by atoms with E-state index >= 15 is 0 Å². The Bertz CT molecular complexity index is 1630. The predicted octanol–water partition coefficient (Wildman–Crippen LogP) is 6.81. The molecule has 1 atom stereocenters. The second-order valence-corrected chi connectivity index (χ2v) is 10.7. The van der Waals surface area contributed by atoms with Crippen molar-refractivity contribution in [3.05, 3.63) is 70.4 Å². The molecule has 1 fully saturated rings. The fourth-order valence-electron chi connectivity index (χ4n) is 4.87. The normalized spacial score (nSPS) is 14.5. The molecule has 42 heavy (non-hydrogen) atoms. The van der Waals surface area contributed by atoms with Gasteiger partial charge in [0.1, 0.15) is 17.0 Å². The van der Waals surface area contributed by atoms with E-state index < -0.39 is 0 Å². The molecular weight excluding hydrogens is 577 g/mol. The lowest BCUT2D eigenvalue weighted by Gasteiger charge is -2.18. The smallest absolute Gasteiger partial charge is 0.227 e. The van der Waals surface area contributed by atoms with Crippen LogP contribution in [0.1, 0.15) is 17.5 Å². The van der Waals surface area contributed by atoms with Gasteiger partial charge in [-0.1, -0.05) is 48.0 Å². The topological polar surface area (TPSA) is 107 Å². The van der Waals surface area contributed by atoms with E-state index in [4.69, 9.17) is 47.4 Å². The lowest BCUT2D eigenvalue weighted by molar-refractivity contribution is -0.114. The largest absolute Gasteiger partial charge is 0.495 e. The van der Waals surface area contributed by atoms with Crippen LogP contribution in [0.5, 0.6) is 11.5 Å². The van der Waals surface area contributed by atoms with Crippen molar-refractivity contribution in [2.45, 2.75) is 19.8 Å². The molecule has 0 bridgehead atoms. The van der Waals surface area contributed by atoms with Crippen LogP contribution in [0.25, 0.3) is 22.2 Å². The number of anilines is 3. The van der Waals surface area contributed by atoms with E-state index in [-0.39, 0.29) is 12.2 Å². The SMILES string of the molecule is C=CC(=O)Cc1cccc(C)c1Nc1ncc2cc(-c3c(Cl)c(OC)cc(OC)c3Cl)nc(NCC3CCOC3)c2n1. The molecule has 2 aromatic carbocycles. The van der Waals surface area contributed by atoms with Gasteiger partial charge in [0.25, 0.3) is 0 Å². The molecule has 1 saturated heterocycles. The van der Waals surface area contributed by atoms with Crippen LogP contribution in [0.15, 0.2) is 49.2 Å². The lowest BCUT2D eigenvalue weighted by Crippen LogP contribution is -2.15. The van der Waals surface area contributed by atoms with Gasteiger partial charge >= 0.3 is 0 Å². The molecule has 11 heteroatoms. The molecule has 1 unspecified atom stereocenters. The van der Waals surface area contributed by atoms with Crippen LogP contribution >= 0.6 is 23.2 Å². The molecule has 0 aliphatic carbocycles. The highest BCUT2D eigenvalue weighted by Crippen LogP contribution is 2.46. The van der Waals surface area contributed by atoms with Gasteiger partial charge in [0.05, 0.1) is 36.6 Å². The number of ketones is 1. The standard InChI is InChI=1S/C31H31Cl2N5O4/c1-5-21(39)11-19-8-6-7-17(2)28(19)37-31-35-15-20-12-22(25-26(32)23(40-3)13-24(41-4)27(25)33)36-30(29(20)38-31)34-14-18-9-10-42-16-18/h5-8,12-13,15,18H,1,9-11,14,16H2,2-4H3,(H,34,36)(H,35,37,38). The second kappa shape index (κ2) is 12.9. The van der Waals surface area contributed by atoms with Crippen LogP contribution in [-0.2, 0) is 16.0 Å². The molecule has 0 amide bonds. The molecule has 3 heterocycles. The molecule has 0 spiro atoms. The van der Waals surface area contributed by atoms with Crippen molar-refractivity contribution < 1.29 is 19.0 Å². The molecule has 1 aliphatic rings. The van der Waals surface area contributed by atoms with E-state index in [1.54, 1.807) is 12.3 Å². The number of nitrogens with zero attached hydrogens (tertiary/aromatic N) is 3. The number of aryl methyl sites for hydroxylation is 1. The van der Waals surface area contributed by atoms with Crippen molar-refractivity contribution in [1.82, 2.24) is 15.0 Å². The number of pyridine rings is 1. The van der Waals surface area contributed by atoms with Crippen molar-refractivity contribution in [2.24, 2.45) is 5.92 Å². The highest BCUT2D eigenvalue weighted by molar-refractivity contribution is 6.41. The van der Waals surface area contributed by atoms with E-state index in [1.807, 2.05) is 31.2 Å². The summed E-state index contributed by atoms with van der Waals surface area (Å²) < 4.78 is 16.5. The first-order chi connectivity index (χ1) is 20.3. The number of nitrogens with one attached hydrogen (secondary N) is 2. The van der Waals surface area contributed by atoms with E-state index in [9.17, 15) is 4.79 Å². The minimum Gasteiger partial charge on any atom is -0.495 e. The van der Waals surface area contributed by atoms with Crippen LogP contribution in [-0.4, -0.2) is 54.7 Å². The molecule has 9 nitrogen and oxygen atoms in total. The maximum Gasteiger partial charge on any atom is 0.227 e. The summed E-state index contributed by atoms with van der Waals surface area (Å²) in [7, 11) is 3.05. The molecular formula is C31H31Cl2N5O4. The summed E-state index contributed by atoms with van der Waals surface area (Å²) in [6, 6.07) is 9.25. The summed E-state index contributed by atoms with van der Waals surface area (Å²) in [5.74, 6) is 1.99. The Balaban J connectivity index is 1.61. The Morgan fingerprint density at radius 1 is 1.17 bits per heavy atom. The summed E-state index contributed by atoms with van der Waals surface area (Å²) in [6.07, 6.45) is 4.21. The molecule has 0 saturated carbocycles. The molecule has 218 valence electrons. The molecule has 5 rings (SSSR count). The van der Waals surface area contributed by atoms with Gasteiger partial charge in [0.2, 0.25) is 5.95 Å². The van der Waals surface area contributed by atoms with Gasteiger partial charge < -0.3 is 24.8 Å². The first-order valence-corrected chi connectivity index (χ1v) is 14.2. The van der Waals surface area contributed by atoms with Gasteiger partial charge in [-0.15, -0.1) is 0 Å². The van der Waals surface area contributed by atoms with Crippen molar-refractivity contribution >= 4 is 57.3 Å². The Morgan fingerprint density at radius 2 is 1.93 bits per heavy atom. The van der Waals surface area contributed by atoms with Gasteiger partial charge in [0.15, 0.2) is 11.6 Å². The third-order valence-electron chi connectivity index (χ3n) is 7.17. The van der Waals surface area contributed by atoms with E-state index in [0.29, 0.717) is 69.2 Å². The summed E-state index contributed by atoms with van der Waals surface area (Å²) >= 11 is 13.5.